The number of carbonyl (C=O) groups excluding carboxylic acids is 3. The molecule has 2 amide bonds. The number of benzene rings is 4. The number of carbonyl (C=O) groups is 3. The first-order valence-electron chi connectivity index (χ1n) is 13.1. The second-order valence-electron chi connectivity index (χ2n) is 9.51. The molecule has 0 radical (unpaired) electrons. The second kappa shape index (κ2) is 14.3. The smallest absolute Gasteiger partial charge is 0.329 e. The Balaban J connectivity index is 1.45. The summed E-state index contributed by atoms with van der Waals surface area (Å²) in [7, 11) is 0. The minimum atomic E-state index is -0.922. The Morgan fingerprint density at radius 1 is 0.650 bits per heavy atom. The molecular weight excluding hydrogens is 504 g/mol. The van der Waals surface area contributed by atoms with Crippen molar-refractivity contribution in [3.8, 4) is 5.75 Å². The maximum absolute atomic E-state index is 13.3. The highest BCUT2D eigenvalue weighted by Crippen LogP contribution is 2.12. The third-order valence-electron chi connectivity index (χ3n) is 6.33. The van der Waals surface area contributed by atoms with E-state index in [1.807, 2.05) is 66.7 Å². The molecule has 7 nitrogen and oxygen atoms in total. The Hall–Kier alpha value is -4.91. The van der Waals surface area contributed by atoms with Gasteiger partial charge < -0.3 is 20.5 Å². The second-order valence-corrected chi connectivity index (χ2v) is 9.51. The SMILES string of the molecule is O=C(Cc1ccc(O)cc1)N[C@H](Cc1ccccc1)C(=O)OC[C@@H](Cc1ccccc1)NC(=O)c1ccccc1. The molecule has 0 unspecified atom stereocenters. The fraction of sp³-hybridized carbons (Fsp3) is 0.182. The van der Waals surface area contributed by atoms with Gasteiger partial charge in [0.25, 0.3) is 5.91 Å². The normalized spacial score (nSPS) is 12.1. The van der Waals surface area contributed by atoms with E-state index in [0.717, 1.165) is 11.1 Å². The van der Waals surface area contributed by atoms with Gasteiger partial charge >= 0.3 is 5.97 Å². The van der Waals surface area contributed by atoms with Gasteiger partial charge in [-0.1, -0.05) is 91.0 Å². The van der Waals surface area contributed by atoms with Crippen LogP contribution in [-0.4, -0.2) is 41.6 Å². The fourth-order valence-corrected chi connectivity index (χ4v) is 4.28. The van der Waals surface area contributed by atoms with E-state index >= 15 is 0 Å². The molecule has 0 aliphatic carbocycles. The molecule has 0 saturated heterocycles. The summed E-state index contributed by atoms with van der Waals surface area (Å²) in [4.78, 5) is 39.0. The number of phenolic OH excluding ortho intramolecular Hbond substituents is 1. The van der Waals surface area contributed by atoms with Gasteiger partial charge in [-0.2, -0.15) is 0 Å². The lowest BCUT2D eigenvalue weighted by Gasteiger charge is -2.22. The lowest BCUT2D eigenvalue weighted by Crippen LogP contribution is -2.46. The van der Waals surface area contributed by atoms with Crippen molar-refractivity contribution in [3.63, 3.8) is 0 Å². The lowest BCUT2D eigenvalue weighted by molar-refractivity contribution is -0.148. The van der Waals surface area contributed by atoms with Crippen LogP contribution in [0, 0.1) is 0 Å². The molecule has 4 aromatic rings. The van der Waals surface area contributed by atoms with Crippen LogP contribution in [0.5, 0.6) is 5.75 Å². The van der Waals surface area contributed by atoms with Crippen LogP contribution in [0.15, 0.2) is 115 Å². The van der Waals surface area contributed by atoms with Gasteiger partial charge in [0.15, 0.2) is 0 Å². The number of nitrogens with one attached hydrogen (secondary N) is 2. The zero-order valence-corrected chi connectivity index (χ0v) is 22.0. The summed E-state index contributed by atoms with van der Waals surface area (Å²) < 4.78 is 5.71. The summed E-state index contributed by atoms with van der Waals surface area (Å²) in [6.45, 7) is -0.0641. The molecule has 0 bridgehead atoms. The standard InChI is InChI=1S/C33H32N2O5/c36-29-18-16-26(17-19-29)22-31(37)35-30(21-25-12-6-2-7-13-25)33(39)40-23-28(20-24-10-4-1-5-11-24)34-32(38)27-14-8-3-9-15-27/h1-19,28,30,36H,20-23H2,(H,34,38)(H,35,37)/t28-,30-/m1/s1. The molecular formula is C33H32N2O5. The van der Waals surface area contributed by atoms with Crippen LogP contribution < -0.4 is 10.6 Å². The molecule has 4 rings (SSSR count). The van der Waals surface area contributed by atoms with Crippen LogP contribution >= 0.6 is 0 Å². The molecule has 0 aliphatic rings. The molecule has 0 spiro atoms. The van der Waals surface area contributed by atoms with Crippen molar-refractivity contribution < 1.29 is 24.2 Å². The Labute approximate surface area is 233 Å². The Morgan fingerprint density at radius 2 is 1.20 bits per heavy atom. The Bertz CT molecular complexity index is 1380. The topological polar surface area (TPSA) is 105 Å². The van der Waals surface area contributed by atoms with E-state index in [1.54, 1.807) is 36.4 Å². The maximum Gasteiger partial charge on any atom is 0.329 e. The molecule has 0 heterocycles. The van der Waals surface area contributed by atoms with Gasteiger partial charge in [-0.25, -0.2) is 4.79 Å². The number of rotatable bonds is 12. The molecule has 4 aromatic carbocycles. The van der Waals surface area contributed by atoms with E-state index in [0.29, 0.717) is 17.5 Å². The monoisotopic (exact) mass is 536 g/mol. The van der Waals surface area contributed by atoms with Gasteiger partial charge in [-0.05, 0) is 47.4 Å². The zero-order valence-electron chi connectivity index (χ0n) is 22.0. The number of aromatic hydroxyl groups is 1. The van der Waals surface area contributed by atoms with Crippen molar-refractivity contribution >= 4 is 17.8 Å². The number of ether oxygens (including phenoxy) is 1. The van der Waals surface area contributed by atoms with Crippen LogP contribution in [0.3, 0.4) is 0 Å². The molecule has 40 heavy (non-hydrogen) atoms. The van der Waals surface area contributed by atoms with E-state index in [4.69, 9.17) is 4.74 Å². The quantitative estimate of drug-likeness (QED) is 0.235. The number of hydrogen-bond acceptors (Lipinski definition) is 5. The summed E-state index contributed by atoms with van der Waals surface area (Å²) in [6, 6.07) is 32.8. The molecule has 2 atom stereocenters. The number of amides is 2. The molecule has 3 N–H and O–H groups in total. The van der Waals surface area contributed by atoms with Gasteiger partial charge in [0, 0.05) is 12.0 Å². The minimum Gasteiger partial charge on any atom is -0.508 e. The van der Waals surface area contributed by atoms with Crippen molar-refractivity contribution in [2.45, 2.75) is 31.3 Å². The summed E-state index contributed by atoms with van der Waals surface area (Å²) in [5, 5.41) is 15.3. The highest BCUT2D eigenvalue weighted by Gasteiger charge is 2.25. The maximum atomic E-state index is 13.3. The predicted octanol–water partition coefficient (Wildman–Crippen LogP) is 4.25. The van der Waals surface area contributed by atoms with Crippen LogP contribution in [0.25, 0.3) is 0 Å². The van der Waals surface area contributed by atoms with Crippen molar-refractivity contribution in [1.82, 2.24) is 10.6 Å². The van der Waals surface area contributed by atoms with Gasteiger partial charge in [-0.15, -0.1) is 0 Å². The third-order valence-corrected chi connectivity index (χ3v) is 6.33. The largest absolute Gasteiger partial charge is 0.508 e. The van der Waals surface area contributed by atoms with Gasteiger partial charge in [-0.3, -0.25) is 9.59 Å². The van der Waals surface area contributed by atoms with Crippen LogP contribution in [0.2, 0.25) is 0 Å². The molecule has 7 heteroatoms. The summed E-state index contributed by atoms with van der Waals surface area (Å²) in [6.07, 6.45) is 0.757. The molecule has 204 valence electrons. The zero-order chi connectivity index (χ0) is 28.2. The number of phenols is 1. The van der Waals surface area contributed by atoms with E-state index in [1.165, 1.54) is 12.1 Å². The average molecular weight is 537 g/mol. The summed E-state index contributed by atoms with van der Waals surface area (Å²) in [5.41, 5.74) is 3.07. The van der Waals surface area contributed by atoms with Crippen LogP contribution in [0.1, 0.15) is 27.0 Å². The van der Waals surface area contributed by atoms with Crippen molar-refractivity contribution in [2.75, 3.05) is 6.61 Å². The van der Waals surface area contributed by atoms with Gasteiger partial charge in [0.05, 0.1) is 12.5 Å². The average Bonchev–Trinajstić information content (AvgIpc) is 2.98. The van der Waals surface area contributed by atoms with E-state index < -0.39 is 18.1 Å². The summed E-state index contributed by atoms with van der Waals surface area (Å²) >= 11 is 0. The lowest BCUT2D eigenvalue weighted by atomic mass is 10.0. The molecule has 0 aliphatic heterocycles. The van der Waals surface area contributed by atoms with E-state index in [2.05, 4.69) is 10.6 Å². The van der Waals surface area contributed by atoms with Crippen molar-refractivity contribution in [3.05, 3.63) is 138 Å². The molecule has 0 saturated carbocycles. The first-order valence-corrected chi connectivity index (χ1v) is 13.1. The third kappa shape index (κ3) is 8.84. The number of hydrogen-bond donors (Lipinski definition) is 3. The summed E-state index contributed by atoms with van der Waals surface area (Å²) in [5.74, 6) is -1.09. The van der Waals surface area contributed by atoms with E-state index in [-0.39, 0.29) is 37.0 Å². The number of esters is 1. The van der Waals surface area contributed by atoms with Crippen molar-refractivity contribution in [1.29, 1.82) is 0 Å². The van der Waals surface area contributed by atoms with Crippen LogP contribution in [0.4, 0.5) is 0 Å². The van der Waals surface area contributed by atoms with E-state index in [9.17, 15) is 19.5 Å². The molecule has 0 fully saturated rings. The van der Waals surface area contributed by atoms with Crippen molar-refractivity contribution in [2.24, 2.45) is 0 Å². The first kappa shape index (κ1) is 28.1. The Morgan fingerprint density at radius 3 is 1.80 bits per heavy atom. The highest BCUT2D eigenvalue weighted by atomic mass is 16.5. The first-order chi connectivity index (χ1) is 19.5. The predicted molar refractivity (Wildman–Crippen MR) is 153 cm³/mol. The van der Waals surface area contributed by atoms with Crippen LogP contribution in [-0.2, 0) is 33.6 Å². The highest BCUT2D eigenvalue weighted by molar-refractivity contribution is 5.94. The van der Waals surface area contributed by atoms with Gasteiger partial charge in [0.1, 0.15) is 18.4 Å². The van der Waals surface area contributed by atoms with Gasteiger partial charge in [0.2, 0.25) is 5.91 Å². The molecule has 0 aromatic heterocycles. The fourth-order valence-electron chi connectivity index (χ4n) is 4.28. The minimum absolute atomic E-state index is 0.0443. The Kier molecular flexibility index (Phi) is 10.0.